The number of halogens is 6. The van der Waals surface area contributed by atoms with E-state index in [1.54, 1.807) is 71.1 Å². The fourth-order valence-corrected chi connectivity index (χ4v) is 6.09. The molecular formula is C30H27Cl6N3O4. The molecule has 0 spiro atoms. The fraction of sp³-hybridized carbons (Fsp3) is 0.300. The summed E-state index contributed by atoms with van der Waals surface area (Å²) in [6.07, 6.45) is -0.506. The zero-order chi connectivity index (χ0) is 32.0. The van der Waals surface area contributed by atoms with Crippen LogP contribution in [0.5, 0.6) is 0 Å². The van der Waals surface area contributed by atoms with E-state index >= 15 is 0 Å². The summed E-state index contributed by atoms with van der Waals surface area (Å²) >= 11 is 37.6. The summed E-state index contributed by atoms with van der Waals surface area (Å²) in [5.74, 6) is -2.38. The maximum atomic E-state index is 13.2. The van der Waals surface area contributed by atoms with Crippen LogP contribution < -0.4 is 15.5 Å². The Balaban J connectivity index is 1.47. The van der Waals surface area contributed by atoms with Crippen molar-refractivity contribution in [1.82, 2.24) is 0 Å². The molecule has 3 aromatic rings. The first-order chi connectivity index (χ1) is 19.9. The standard InChI is InChI=1S/C30H27Cl6N3O4/c1-14-10-17(39(5)28(42)43-29(2,3)4)7-9-22(14)38-26(40)18-13-16(6-8-19(18)31)37-27(41)24-23(30(24,35)36)15-11-20(32)25(34)21(33)12-15/h6-13,23-24H,1-5H3,(H,37,41)(H,38,40)/t23-,24+/m0/s1. The molecule has 3 amide bonds. The second kappa shape index (κ2) is 12.5. The number of nitrogens with zero attached hydrogens (tertiary/aromatic N) is 1. The van der Waals surface area contributed by atoms with Crippen molar-refractivity contribution in [2.24, 2.45) is 5.92 Å². The Bertz CT molecular complexity index is 1600. The summed E-state index contributed by atoms with van der Waals surface area (Å²) in [7, 11) is 1.60. The van der Waals surface area contributed by atoms with Crippen molar-refractivity contribution in [1.29, 1.82) is 0 Å². The molecule has 2 atom stereocenters. The summed E-state index contributed by atoms with van der Waals surface area (Å²) < 4.78 is 4.01. The zero-order valence-corrected chi connectivity index (χ0v) is 28.2. The summed E-state index contributed by atoms with van der Waals surface area (Å²) in [6, 6.07) is 12.7. The first kappa shape index (κ1) is 33.5. The van der Waals surface area contributed by atoms with Gasteiger partial charge in [-0.1, -0.05) is 46.4 Å². The molecule has 13 heteroatoms. The fourth-order valence-electron chi connectivity index (χ4n) is 4.44. The van der Waals surface area contributed by atoms with Crippen molar-refractivity contribution in [3.63, 3.8) is 0 Å². The number of hydrogen-bond acceptors (Lipinski definition) is 4. The molecule has 0 heterocycles. The lowest BCUT2D eigenvalue weighted by molar-refractivity contribution is -0.117. The molecule has 0 bridgehead atoms. The number of alkyl halides is 2. The maximum absolute atomic E-state index is 13.2. The molecule has 1 fully saturated rings. The van der Waals surface area contributed by atoms with Crippen LogP contribution in [-0.2, 0) is 9.53 Å². The van der Waals surface area contributed by atoms with E-state index in [4.69, 9.17) is 74.3 Å². The quantitative estimate of drug-likeness (QED) is 0.198. The van der Waals surface area contributed by atoms with Gasteiger partial charge in [-0.3, -0.25) is 14.5 Å². The Hall–Kier alpha value is -2.39. The monoisotopic (exact) mass is 703 g/mol. The molecule has 1 aliphatic rings. The van der Waals surface area contributed by atoms with Gasteiger partial charge in [-0.15, -0.1) is 23.2 Å². The number of carbonyl (C=O) groups excluding carboxylic acids is 3. The minimum Gasteiger partial charge on any atom is -0.443 e. The lowest BCUT2D eigenvalue weighted by Crippen LogP contribution is -2.34. The summed E-state index contributed by atoms with van der Waals surface area (Å²) in [6.45, 7) is 7.15. The van der Waals surface area contributed by atoms with E-state index in [1.807, 2.05) is 0 Å². The molecule has 7 nitrogen and oxygen atoms in total. The maximum Gasteiger partial charge on any atom is 0.414 e. The Morgan fingerprint density at radius 1 is 0.884 bits per heavy atom. The topological polar surface area (TPSA) is 87.7 Å². The van der Waals surface area contributed by atoms with Gasteiger partial charge in [-0.2, -0.15) is 0 Å². The lowest BCUT2D eigenvalue weighted by Gasteiger charge is -2.25. The molecule has 1 aliphatic carbocycles. The van der Waals surface area contributed by atoms with Gasteiger partial charge >= 0.3 is 6.09 Å². The molecule has 2 N–H and O–H groups in total. The predicted molar refractivity (Wildman–Crippen MR) is 176 cm³/mol. The predicted octanol–water partition coefficient (Wildman–Crippen LogP) is 9.76. The molecule has 0 unspecified atom stereocenters. The van der Waals surface area contributed by atoms with Crippen molar-refractivity contribution in [2.45, 2.75) is 43.5 Å². The third kappa shape index (κ3) is 7.47. The Morgan fingerprint density at radius 2 is 1.51 bits per heavy atom. The number of aryl methyl sites for hydroxylation is 1. The van der Waals surface area contributed by atoms with E-state index in [9.17, 15) is 14.4 Å². The second-order valence-electron chi connectivity index (χ2n) is 11.1. The van der Waals surface area contributed by atoms with Crippen molar-refractivity contribution >= 4 is 105 Å². The molecule has 4 rings (SSSR count). The first-order valence-corrected chi connectivity index (χ1v) is 15.2. The van der Waals surface area contributed by atoms with Crippen LogP contribution in [-0.4, -0.2) is 34.9 Å². The van der Waals surface area contributed by atoms with E-state index < -0.39 is 39.7 Å². The minimum absolute atomic E-state index is 0.125. The van der Waals surface area contributed by atoms with Crippen LogP contribution in [0.3, 0.4) is 0 Å². The van der Waals surface area contributed by atoms with Crippen molar-refractivity contribution in [3.05, 3.63) is 85.3 Å². The largest absolute Gasteiger partial charge is 0.443 e. The van der Waals surface area contributed by atoms with Gasteiger partial charge in [-0.05, 0) is 87.4 Å². The van der Waals surface area contributed by atoms with Crippen molar-refractivity contribution in [3.8, 4) is 0 Å². The van der Waals surface area contributed by atoms with E-state index in [0.29, 0.717) is 28.2 Å². The van der Waals surface area contributed by atoms with Crippen LogP contribution in [0.25, 0.3) is 0 Å². The SMILES string of the molecule is Cc1cc(N(C)C(=O)OC(C)(C)C)ccc1NC(=O)c1cc(NC(=O)[C@H]2[C@H](c3cc(Cl)c(Cl)c(Cl)c3)C2(Cl)Cl)ccc1Cl. The van der Waals surface area contributed by atoms with Gasteiger partial charge < -0.3 is 15.4 Å². The molecule has 0 aromatic heterocycles. The first-order valence-electron chi connectivity index (χ1n) is 12.9. The van der Waals surface area contributed by atoms with Crippen molar-refractivity contribution in [2.75, 3.05) is 22.6 Å². The molecule has 0 radical (unpaired) electrons. The van der Waals surface area contributed by atoms with Gasteiger partial charge in [-0.25, -0.2) is 4.79 Å². The van der Waals surface area contributed by atoms with Gasteiger partial charge in [0.05, 0.1) is 31.6 Å². The highest BCUT2D eigenvalue weighted by atomic mass is 35.5. The molecule has 3 aromatic carbocycles. The molecule has 43 heavy (non-hydrogen) atoms. The van der Waals surface area contributed by atoms with Gasteiger partial charge in [0.1, 0.15) is 9.93 Å². The third-order valence-electron chi connectivity index (χ3n) is 6.69. The lowest BCUT2D eigenvalue weighted by atomic mass is 10.1. The summed E-state index contributed by atoms with van der Waals surface area (Å²) in [4.78, 5) is 40.2. The number of carbonyl (C=O) groups is 3. The second-order valence-corrected chi connectivity index (χ2v) is 14.1. The number of hydrogen-bond donors (Lipinski definition) is 2. The van der Waals surface area contributed by atoms with Crippen molar-refractivity contribution < 1.29 is 19.1 Å². The van der Waals surface area contributed by atoms with Crippen LogP contribution in [0.15, 0.2) is 48.5 Å². The molecule has 0 saturated heterocycles. The highest BCUT2D eigenvalue weighted by Crippen LogP contribution is 2.65. The third-order valence-corrected chi connectivity index (χ3v) is 9.16. The van der Waals surface area contributed by atoms with E-state index in [0.717, 1.165) is 0 Å². The minimum atomic E-state index is -1.40. The molecule has 1 saturated carbocycles. The number of benzene rings is 3. The number of rotatable bonds is 6. The van der Waals surface area contributed by atoms with Gasteiger partial charge in [0.15, 0.2) is 0 Å². The highest BCUT2D eigenvalue weighted by molar-refractivity contribution is 6.54. The molecular weight excluding hydrogens is 679 g/mol. The highest BCUT2D eigenvalue weighted by Gasteiger charge is 2.67. The van der Waals surface area contributed by atoms with E-state index in [1.165, 1.54) is 17.0 Å². The molecule has 0 aliphatic heterocycles. The van der Waals surface area contributed by atoms with Crippen LogP contribution in [0.4, 0.5) is 21.9 Å². The number of anilines is 3. The average molecular weight is 706 g/mol. The average Bonchev–Trinajstić information content (AvgIpc) is 3.49. The van der Waals surface area contributed by atoms with Crippen LogP contribution in [0, 0.1) is 12.8 Å². The summed E-state index contributed by atoms with van der Waals surface area (Å²) in [5, 5.41) is 6.38. The zero-order valence-electron chi connectivity index (χ0n) is 23.6. The molecule has 228 valence electrons. The smallest absolute Gasteiger partial charge is 0.414 e. The number of amides is 3. The van der Waals surface area contributed by atoms with E-state index in [-0.39, 0.29) is 25.7 Å². The summed E-state index contributed by atoms with van der Waals surface area (Å²) in [5.41, 5.74) is 2.16. The van der Waals surface area contributed by atoms with Gasteiger partial charge in [0.2, 0.25) is 5.91 Å². The Morgan fingerprint density at radius 3 is 2.09 bits per heavy atom. The van der Waals surface area contributed by atoms with E-state index in [2.05, 4.69) is 10.6 Å². The Labute approximate surface area is 279 Å². The normalized spacial score (nSPS) is 17.2. The van der Waals surface area contributed by atoms with Crippen LogP contribution in [0.2, 0.25) is 20.1 Å². The van der Waals surface area contributed by atoms with Gasteiger partial charge in [0, 0.05) is 30.0 Å². The van der Waals surface area contributed by atoms with Crippen LogP contribution in [0.1, 0.15) is 48.2 Å². The number of nitrogens with one attached hydrogen (secondary N) is 2. The number of ether oxygens (including phenoxy) is 1. The van der Waals surface area contributed by atoms with Crippen LogP contribution >= 0.6 is 69.6 Å². The van der Waals surface area contributed by atoms with Gasteiger partial charge in [0.25, 0.3) is 5.91 Å². The Kier molecular flexibility index (Phi) is 9.77.